The number of ether oxygens (including phenoxy) is 2. The van der Waals surface area contributed by atoms with Crippen molar-refractivity contribution in [1.82, 2.24) is 4.90 Å². The van der Waals surface area contributed by atoms with E-state index >= 15 is 0 Å². The summed E-state index contributed by atoms with van der Waals surface area (Å²) in [5, 5.41) is 2.90. The van der Waals surface area contributed by atoms with E-state index in [2.05, 4.69) is 17.0 Å². The third kappa shape index (κ3) is 4.26. The molecule has 0 saturated carbocycles. The Balaban J connectivity index is 0.00000176. The fourth-order valence-electron chi connectivity index (χ4n) is 2.62. The third-order valence-corrected chi connectivity index (χ3v) is 4.20. The topological polar surface area (TPSA) is 21.7 Å². The summed E-state index contributed by atoms with van der Waals surface area (Å²) in [4.78, 5) is 2.41. The Morgan fingerprint density at radius 3 is 2.68 bits per heavy atom. The number of fused-ring (bicyclic) bond motifs is 1. The van der Waals surface area contributed by atoms with Gasteiger partial charge in [-0.1, -0.05) is 41.9 Å². The van der Waals surface area contributed by atoms with E-state index in [9.17, 15) is 0 Å². The van der Waals surface area contributed by atoms with Crippen LogP contribution in [0.3, 0.4) is 0 Å². The van der Waals surface area contributed by atoms with Gasteiger partial charge in [0, 0.05) is 25.0 Å². The van der Waals surface area contributed by atoms with E-state index in [-0.39, 0.29) is 12.4 Å². The van der Waals surface area contributed by atoms with Gasteiger partial charge >= 0.3 is 0 Å². The molecule has 0 unspecified atom stereocenters. The molecule has 0 atom stereocenters. The number of hydrogen-bond acceptors (Lipinski definition) is 3. The highest BCUT2D eigenvalue weighted by Crippen LogP contribution is 2.32. The number of halogens is 2. The van der Waals surface area contributed by atoms with Gasteiger partial charge in [0.05, 0.1) is 24.8 Å². The molecule has 0 bridgehead atoms. The molecule has 2 aromatic rings. The summed E-state index contributed by atoms with van der Waals surface area (Å²) in [6.07, 6.45) is 1.00. The van der Waals surface area contributed by atoms with E-state index in [0.717, 1.165) is 55.8 Å². The Morgan fingerprint density at radius 1 is 1.09 bits per heavy atom. The summed E-state index contributed by atoms with van der Waals surface area (Å²) in [5.41, 5.74) is 0. The Labute approximate surface area is 142 Å². The van der Waals surface area contributed by atoms with Crippen molar-refractivity contribution < 1.29 is 9.47 Å². The normalized spacial score (nSPS) is 15.5. The predicted molar refractivity (Wildman–Crippen MR) is 93.6 cm³/mol. The number of benzene rings is 2. The van der Waals surface area contributed by atoms with Crippen molar-refractivity contribution in [2.75, 3.05) is 39.5 Å². The van der Waals surface area contributed by atoms with Crippen molar-refractivity contribution in [3.05, 3.63) is 41.4 Å². The van der Waals surface area contributed by atoms with Crippen LogP contribution in [0.25, 0.3) is 10.8 Å². The molecule has 3 nitrogen and oxygen atoms in total. The molecule has 1 aliphatic heterocycles. The molecule has 120 valence electrons. The molecule has 1 aliphatic rings. The zero-order valence-electron chi connectivity index (χ0n) is 12.5. The van der Waals surface area contributed by atoms with Gasteiger partial charge in [0.25, 0.3) is 0 Å². The average molecular weight is 342 g/mol. The van der Waals surface area contributed by atoms with Crippen LogP contribution in [0, 0.1) is 0 Å². The molecular weight excluding hydrogens is 321 g/mol. The van der Waals surface area contributed by atoms with Crippen LogP contribution in [0.4, 0.5) is 0 Å². The van der Waals surface area contributed by atoms with E-state index in [1.165, 1.54) is 0 Å². The lowest BCUT2D eigenvalue weighted by Gasteiger charge is -2.26. The standard InChI is InChI=1S/C17H20ClNO2.ClH/c18-17-15-5-2-1-4-14(15)6-7-16(17)21-11-3-8-19-9-12-20-13-10-19;/h1-2,4-7H,3,8-13H2;1H. The molecule has 3 rings (SSSR count). The lowest BCUT2D eigenvalue weighted by atomic mass is 10.1. The molecule has 5 heteroatoms. The maximum absolute atomic E-state index is 6.42. The number of hydrogen-bond donors (Lipinski definition) is 0. The van der Waals surface area contributed by atoms with E-state index in [1.54, 1.807) is 0 Å². The summed E-state index contributed by atoms with van der Waals surface area (Å²) in [6.45, 7) is 5.48. The van der Waals surface area contributed by atoms with E-state index in [0.29, 0.717) is 11.6 Å². The number of rotatable bonds is 5. The Morgan fingerprint density at radius 2 is 1.86 bits per heavy atom. The van der Waals surface area contributed by atoms with Gasteiger partial charge in [-0.3, -0.25) is 4.90 Å². The van der Waals surface area contributed by atoms with Gasteiger partial charge in [0.1, 0.15) is 5.75 Å². The Kier molecular flexibility index (Phi) is 6.77. The summed E-state index contributed by atoms with van der Waals surface area (Å²) in [7, 11) is 0. The number of morpholine rings is 1. The first kappa shape index (κ1) is 17.4. The smallest absolute Gasteiger partial charge is 0.138 e. The van der Waals surface area contributed by atoms with Crippen LogP contribution in [0.1, 0.15) is 6.42 Å². The quantitative estimate of drug-likeness (QED) is 0.766. The first-order chi connectivity index (χ1) is 10.3. The molecule has 0 amide bonds. The zero-order chi connectivity index (χ0) is 14.5. The highest BCUT2D eigenvalue weighted by molar-refractivity contribution is 6.37. The minimum absolute atomic E-state index is 0. The van der Waals surface area contributed by atoms with Gasteiger partial charge in [-0.25, -0.2) is 0 Å². The van der Waals surface area contributed by atoms with Crippen molar-refractivity contribution in [3.8, 4) is 5.75 Å². The van der Waals surface area contributed by atoms with Crippen LogP contribution >= 0.6 is 24.0 Å². The predicted octanol–water partition coefficient (Wildman–Crippen LogP) is 4.02. The molecule has 0 spiro atoms. The van der Waals surface area contributed by atoms with E-state index in [4.69, 9.17) is 21.1 Å². The van der Waals surface area contributed by atoms with Crippen LogP contribution in [0.5, 0.6) is 5.75 Å². The largest absolute Gasteiger partial charge is 0.492 e. The molecule has 22 heavy (non-hydrogen) atoms. The molecular formula is C17H21Cl2NO2. The van der Waals surface area contributed by atoms with Crippen LogP contribution in [-0.4, -0.2) is 44.4 Å². The molecule has 1 saturated heterocycles. The van der Waals surface area contributed by atoms with Gasteiger partial charge < -0.3 is 9.47 Å². The summed E-state index contributed by atoms with van der Waals surface area (Å²) in [5.74, 6) is 0.775. The lowest BCUT2D eigenvalue weighted by molar-refractivity contribution is 0.0358. The first-order valence-corrected chi connectivity index (χ1v) is 7.82. The van der Waals surface area contributed by atoms with Gasteiger partial charge in [0.2, 0.25) is 0 Å². The van der Waals surface area contributed by atoms with Crippen molar-refractivity contribution in [2.24, 2.45) is 0 Å². The minimum Gasteiger partial charge on any atom is -0.492 e. The van der Waals surface area contributed by atoms with Crippen LogP contribution in [-0.2, 0) is 4.74 Å². The van der Waals surface area contributed by atoms with Crippen LogP contribution < -0.4 is 4.74 Å². The summed E-state index contributed by atoms with van der Waals surface area (Å²) >= 11 is 6.42. The van der Waals surface area contributed by atoms with Crippen molar-refractivity contribution >= 4 is 34.8 Å². The lowest BCUT2D eigenvalue weighted by Crippen LogP contribution is -2.37. The van der Waals surface area contributed by atoms with Crippen molar-refractivity contribution in [2.45, 2.75) is 6.42 Å². The molecule has 1 heterocycles. The second kappa shape index (κ2) is 8.59. The van der Waals surface area contributed by atoms with E-state index < -0.39 is 0 Å². The van der Waals surface area contributed by atoms with Gasteiger partial charge in [0.15, 0.2) is 0 Å². The molecule has 0 aliphatic carbocycles. The van der Waals surface area contributed by atoms with Gasteiger partial charge in [-0.15, -0.1) is 12.4 Å². The Bertz CT molecular complexity index is 600. The Hall–Kier alpha value is -1.00. The first-order valence-electron chi connectivity index (χ1n) is 7.45. The van der Waals surface area contributed by atoms with Crippen LogP contribution in [0.2, 0.25) is 5.02 Å². The summed E-state index contributed by atoms with van der Waals surface area (Å²) in [6, 6.07) is 12.1. The molecule has 0 aromatic heterocycles. The zero-order valence-corrected chi connectivity index (χ0v) is 14.0. The maximum atomic E-state index is 6.42. The van der Waals surface area contributed by atoms with Gasteiger partial charge in [-0.05, 0) is 17.9 Å². The molecule has 2 aromatic carbocycles. The summed E-state index contributed by atoms with van der Waals surface area (Å²) < 4.78 is 11.2. The highest BCUT2D eigenvalue weighted by atomic mass is 35.5. The maximum Gasteiger partial charge on any atom is 0.138 e. The molecule has 0 radical (unpaired) electrons. The number of nitrogens with zero attached hydrogens (tertiary/aromatic N) is 1. The minimum atomic E-state index is 0. The van der Waals surface area contributed by atoms with Gasteiger partial charge in [-0.2, -0.15) is 0 Å². The second-order valence-electron chi connectivity index (χ2n) is 5.25. The fraction of sp³-hybridized carbons (Fsp3) is 0.412. The van der Waals surface area contributed by atoms with Crippen molar-refractivity contribution in [3.63, 3.8) is 0 Å². The SMILES string of the molecule is Cl.Clc1c(OCCCN2CCOCC2)ccc2ccccc12. The molecule has 0 N–H and O–H groups in total. The van der Waals surface area contributed by atoms with E-state index in [1.807, 2.05) is 24.3 Å². The highest BCUT2D eigenvalue weighted by Gasteiger charge is 2.10. The van der Waals surface area contributed by atoms with Crippen molar-refractivity contribution in [1.29, 1.82) is 0 Å². The average Bonchev–Trinajstić information content (AvgIpc) is 2.55. The molecule has 1 fully saturated rings. The second-order valence-corrected chi connectivity index (χ2v) is 5.63. The third-order valence-electron chi connectivity index (χ3n) is 3.81. The fourth-order valence-corrected chi connectivity index (χ4v) is 2.91. The van der Waals surface area contributed by atoms with Crippen LogP contribution in [0.15, 0.2) is 36.4 Å². The monoisotopic (exact) mass is 341 g/mol.